The van der Waals surface area contributed by atoms with E-state index in [4.69, 9.17) is 4.74 Å². The number of aryl methyl sites for hydroxylation is 2. The fraction of sp³-hybridized carbons (Fsp3) is 0.524. The summed E-state index contributed by atoms with van der Waals surface area (Å²) in [6.07, 6.45) is 4.42. The van der Waals surface area contributed by atoms with Crippen LogP contribution in [0.1, 0.15) is 29.5 Å². The van der Waals surface area contributed by atoms with Gasteiger partial charge in [0.25, 0.3) is 0 Å². The average molecular weight is 368 g/mol. The molecule has 1 N–H and O–H groups in total. The lowest BCUT2D eigenvalue weighted by Gasteiger charge is -2.37. The van der Waals surface area contributed by atoms with Crippen molar-refractivity contribution in [2.24, 2.45) is 11.8 Å². The summed E-state index contributed by atoms with van der Waals surface area (Å²) in [5, 5.41) is 7.58. The van der Waals surface area contributed by atoms with E-state index in [1.807, 2.05) is 22.7 Å². The van der Waals surface area contributed by atoms with E-state index < -0.39 is 0 Å². The number of carbonyl (C=O) groups is 1. The molecule has 2 aromatic rings. The molecule has 2 aliphatic rings. The fourth-order valence-electron chi connectivity index (χ4n) is 4.65. The topological polar surface area (TPSA) is 59.4 Å². The molecule has 0 spiro atoms. The van der Waals surface area contributed by atoms with Gasteiger partial charge in [0.15, 0.2) is 0 Å². The van der Waals surface area contributed by atoms with Gasteiger partial charge in [-0.05, 0) is 32.3 Å². The van der Waals surface area contributed by atoms with Crippen molar-refractivity contribution < 1.29 is 9.53 Å². The molecule has 1 aliphatic heterocycles. The van der Waals surface area contributed by atoms with Gasteiger partial charge in [0.2, 0.25) is 0 Å². The SMILES string of the molecule is COC1[C@@H]2CC[C@H]1CN(C(=O)Nc1c(C)cnn1Cc1cccc(C)c1)C2. The summed E-state index contributed by atoms with van der Waals surface area (Å²) in [4.78, 5) is 14.9. The van der Waals surface area contributed by atoms with Crippen molar-refractivity contribution in [2.45, 2.75) is 39.3 Å². The molecule has 1 unspecified atom stereocenters. The van der Waals surface area contributed by atoms with Crippen molar-refractivity contribution in [2.75, 3.05) is 25.5 Å². The Morgan fingerprint density at radius 3 is 2.67 bits per heavy atom. The smallest absolute Gasteiger partial charge is 0.323 e. The van der Waals surface area contributed by atoms with Crippen molar-refractivity contribution in [3.05, 3.63) is 47.2 Å². The molecule has 1 saturated carbocycles. The third kappa shape index (κ3) is 3.58. The van der Waals surface area contributed by atoms with Gasteiger partial charge in [-0.25, -0.2) is 9.48 Å². The van der Waals surface area contributed by atoms with Crippen LogP contribution in [0, 0.1) is 25.7 Å². The van der Waals surface area contributed by atoms with Crippen molar-refractivity contribution in [3.8, 4) is 0 Å². The van der Waals surface area contributed by atoms with Gasteiger partial charge < -0.3 is 9.64 Å². The highest BCUT2D eigenvalue weighted by Crippen LogP contribution is 2.38. The number of benzene rings is 1. The molecule has 4 rings (SSSR count). The van der Waals surface area contributed by atoms with E-state index >= 15 is 0 Å². The van der Waals surface area contributed by atoms with E-state index in [9.17, 15) is 4.79 Å². The molecule has 27 heavy (non-hydrogen) atoms. The van der Waals surface area contributed by atoms with Gasteiger partial charge in [-0.1, -0.05) is 29.8 Å². The lowest BCUT2D eigenvalue weighted by molar-refractivity contribution is -0.00366. The second-order valence-electron chi connectivity index (χ2n) is 7.96. The number of rotatable bonds is 4. The number of anilines is 1. The van der Waals surface area contributed by atoms with E-state index in [1.54, 1.807) is 7.11 Å². The number of methoxy groups -OCH3 is 1. The Morgan fingerprint density at radius 2 is 2.00 bits per heavy atom. The summed E-state index contributed by atoms with van der Waals surface area (Å²) < 4.78 is 7.53. The van der Waals surface area contributed by atoms with E-state index in [-0.39, 0.29) is 6.03 Å². The molecular formula is C21H28N4O2. The van der Waals surface area contributed by atoms with E-state index in [1.165, 1.54) is 11.1 Å². The number of aromatic nitrogens is 2. The number of hydrogen-bond acceptors (Lipinski definition) is 3. The number of piperidine rings is 1. The highest BCUT2D eigenvalue weighted by atomic mass is 16.5. The summed E-state index contributed by atoms with van der Waals surface area (Å²) in [7, 11) is 1.79. The largest absolute Gasteiger partial charge is 0.381 e. The van der Waals surface area contributed by atoms with Crippen LogP contribution in [-0.2, 0) is 11.3 Å². The Morgan fingerprint density at radius 1 is 1.26 bits per heavy atom. The van der Waals surface area contributed by atoms with Gasteiger partial charge in [0, 0.05) is 37.6 Å². The minimum atomic E-state index is -0.0319. The van der Waals surface area contributed by atoms with Gasteiger partial charge in [0.05, 0.1) is 18.8 Å². The Hall–Kier alpha value is -2.34. The fourth-order valence-corrected chi connectivity index (χ4v) is 4.65. The summed E-state index contributed by atoms with van der Waals surface area (Å²) in [6.45, 7) is 6.24. The zero-order chi connectivity index (χ0) is 19.0. The number of nitrogens with zero attached hydrogens (tertiary/aromatic N) is 3. The van der Waals surface area contributed by atoms with E-state index in [0.29, 0.717) is 24.5 Å². The molecule has 0 radical (unpaired) electrons. The molecule has 144 valence electrons. The Balaban J connectivity index is 1.47. The van der Waals surface area contributed by atoms with Crippen molar-refractivity contribution >= 4 is 11.8 Å². The maximum Gasteiger partial charge on any atom is 0.323 e. The van der Waals surface area contributed by atoms with Gasteiger partial charge in [-0.3, -0.25) is 5.32 Å². The molecule has 6 nitrogen and oxygen atoms in total. The molecule has 3 atom stereocenters. The number of fused-ring (bicyclic) bond motifs is 2. The van der Waals surface area contributed by atoms with Crippen LogP contribution in [0.5, 0.6) is 0 Å². The van der Waals surface area contributed by atoms with Gasteiger partial charge >= 0.3 is 6.03 Å². The number of urea groups is 1. The minimum absolute atomic E-state index is 0.0319. The third-order valence-corrected chi connectivity index (χ3v) is 5.97. The average Bonchev–Trinajstić information content (AvgIpc) is 3.10. The molecule has 2 heterocycles. The van der Waals surface area contributed by atoms with E-state index in [0.717, 1.165) is 37.3 Å². The summed E-state index contributed by atoms with van der Waals surface area (Å²) in [6, 6.07) is 8.34. The maximum atomic E-state index is 12.9. The standard InChI is InChI=1S/C21H28N4O2/c1-14-5-4-6-16(9-14)11-25-20(15(2)10-22-25)23-21(26)24-12-17-7-8-18(13-24)19(17)27-3/h4-6,9-10,17-19H,7-8,11-13H2,1-3H3,(H,23,26)/t17-,18+,19?. The normalized spacial score (nSPS) is 24.3. The summed E-state index contributed by atoms with van der Waals surface area (Å²) >= 11 is 0. The van der Waals surface area contributed by atoms with Crippen LogP contribution in [0.3, 0.4) is 0 Å². The highest BCUT2D eigenvalue weighted by Gasteiger charge is 2.43. The maximum absolute atomic E-state index is 12.9. The zero-order valence-corrected chi connectivity index (χ0v) is 16.3. The Labute approximate surface area is 160 Å². The van der Waals surface area contributed by atoms with Crippen molar-refractivity contribution in [3.63, 3.8) is 0 Å². The predicted octanol–water partition coefficient (Wildman–Crippen LogP) is 3.44. The van der Waals surface area contributed by atoms with Gasteiger partial charge in [-0.15, -0.1) is 0 Å². The molecule has 2 bridgehead atoms. The van der Waals surface area contributed by atoms with Crippen LogP contribution >= 0.6 is 0 Å². The van der Waals surface area contributed by atoms with Crippen molar-refractivity contribution in [1.82, 2.24) is 14.7 Å². The number of carbonyl (C=O) groups excluding carboxylic acids is 1. The first-order chi connectivity index (χ1) is 13.0. The first-order valence-electron chi connectivity index (χ1n) is 9.72. The zero-order valence-electron chi connectivity index (χ0n) is 16.3. The third-order valence-electron chi connectivity index (χ3n) is 5.97. The Kier molecular flexibility index (Phi) is 4.91. The molecule has 1 saturated heterocycles. The second-order valence-corrected chi connectivity index (χ2v) is 7.96. The lowest BCUT2D eigenvalue weighted by atomic mass is 9.95. The van der Waals surface area contributed by atoms with Crippen LogP contribution in [0.4, 0.5) is 10.6 Å². The molecule has 1 aromatic carbocycles. The first kappa shape index (κ1) is 18.0. The molecule has 2 fully saturated rings. The monoisotopic (exact) mass is 368 g/mol. The quantitative estimate of drug-likeness (QED) is 0.899. The molecule has 6 heteroatoms. The minimum Gasteiger partial charge on any atom is -0.381 e. The van der Waals surface area contributed by atoms with Crippen LogP contribution in [0.25, 0.3) is 0 Å². The molecule has 1 aromatic heterocycles. The number of nitrogens with one attached hydrogen (secondary N) is 1. The van der Waals surface area contributed by atoms with Crippen LogP contribution in [0.2, 0.25) is 0 Å². The molecule has 2 amide bonds. The summed E-state index contributed by atoms with van der Waals surface area (Å²) in [5.74, 6) is 1.69. The van der Waals surface area contributed by atoms with Gasteiger partial charge in [-0.2, -0.15) is 5.10 Å². The predicted molar refractivity (Wildman–Crippen MR) is 105 cm³/mol. The van der Waals surface area contributed by atoms with Crippen molar-refractivity contribution in [1.29, 1.82) is 0 Å². The number of amides is 2. The number of likely N-dealkylation sites (tertiary alicyclic amines) is 1. The molecular weight excluding hydrogens is 340 g/mol. The van der Waals surface area contributed by atoms with Crippen LogP contribution in [0.15, 0.2) is 30.5 Å². The van der Waals surface area contributed by atoms with Gasteiger partial charge in [0.1, 0.15) is 5.82 Å². The van der Waals surface area contributed by atoms with E-state index in [2.05, 4.69) is 41.6 Å². The lowest BCUT2D eigenvalue weighted by Crippen LogP contribution is -2.49. The summed E-state index contributed by atoms with van der Waals surface area (Å²) in [5.41, 5.74) is 3.37. The van der Waals surface area contributed by atoms with Crippen LogP contribution in [-0.4, -0.2) is 47.0 Å². The molecule has 1 aliphatic carbocycles. The Bertz CT molecular complexity index is 817. The first-order valence-corrected chi connectivity index (χ1v) is 9.72. The van der Waals surface area contributed by atoms with Crippen LogP contribution < -0.4 is 5.32 Å². The second kappa shape index (κ2) is 7.35. The number of hydrogen-bond donors (Lipinski definition) is 1. The highest BCUT2D eigenvalue weighted by molar-refractivity contribution is 5.89. The number of ether oxygens (including phenoxy) is 1.